The van der Waals surface area contributed by atoms with Gasteiger partial charge in [0.05, 0.1) is 12.7 Å². The lowest BCUT2D eigenvalue weighted by atomic mass is 9.44. The van der Waals surface area contributed by atoms with Gasteiger partial charge in [0, 0.05) is 21.5 Å². The molecule has 4 fully saturated rings. The highest BCUT2D eigenvalue weighted by molar-refractivity contribution is 7.24. The van der Waals surface area contributed by atoms with E-state index in [1.807, 2.05) is 6.92 Å². The average molecular weight is 483 g/mol. The van der Waals surface area contributed by atoms with Gasteiger partial charge < -0.3 is 9.26 Å². The summed E-state index contributed by atoms with van der Waals surface area (Å²) in [4.78, 5) is 11.9. The molecule has 0 radical (unpaired) electrons. The molecule has 0 aromatic heterocycles. The molecule has 5 unspecified atom stereocenters. The average Bonchev–Trinajstić information content (AvgIpc) is 3.14. The predicted molar refractivity (Wildman–Crippen MR) is 132 cm³/mol. The van der Waals surface area contributed by atoms with Crippen LogP contribution in [0.3, 0.4) is 0 Å². The Morgan fingerprint density at radius 1 is 1.06 bits per heavy atom. The first-order valence-electron chi connectivity index (χ1n) is 13.1. The molecule has 4 aliphatic carbocycles. The molecule has 0 saturated heterocycles. The summed E-state index contributed by atoms with van der Waals surface area (Å²) in [5, 5.41) is 0. The van der Waals surface area contributed by atoms with Crippen LogP contribution in [0, 0.1) is 46.3 Å². The molecule has 32 heavy (non-hydrogen) atoms. The topological polar surface area (TPSA) is 52.6 Å². The molecule has 0 aromatic carbocycles. The van der Waals surface area contributed by atoms with E-state index in [1.54, 1.807) is 0 Å². The Balaban J connectivity index is 1.51. The number of esters is 1. The smallest absolute Gasteiger partial charge is 0.305 e. The third kappa shape index (κ3) is 4.24. The van der Waals surface area contributed by atoms with E-state index in [0.717, 1.165) is 37.0 Å². The SMILES string of the molecule is CCOC(=O)CC[C@H](C)C1CCC2C3C[C@H](OP)[C@@H]4C[C@H](P=O)CC[C@]4(C)C3CC[C@@]21C. The van der Waals surface area contributed by atoms with E-state index in [1.165, 1.54) is 38.5 Å². The summed E-state index contributed by atoms with van der Waals surface area (Å²) < 4.78 is 22.9. The van der Waals surface area contributed by atoms with Gasteiger partial charge in [0.1, 0.15) is 0 Å². The molecule has 6 heteroatoms. The molecule has 11 atom stereocenters. The zero-order valence-corrected chi connectivity index (χ0v) is 22.6. The van der Waals surface area contributed by atoms with E-state index in [2.05, 4.69) is 30.2 Å². The van der Waals surface area contributed by atoms with Crippen molar-refractivity contribution < 1.29 is 18.6 Å². The molecule has 0 bridgehead atoms. The molecule has 4 saturated carbocycles. The fourth-order valence-corrected chi connectivity index (χ4v) is 10.1. The first-order chi connectivity index (χ1) is 15.3. The lowest BCUT2D eigenvalue weighted by molar-refractivity contribution is -0.150. The summed E-state index contributed by atoms with van der Waals surface area (Å²) in [6.45, 7) is 9.86. The van der Waals surface area contributed by atoms with E-state index in [-0.39, 0.29) is 12.1 Å². The molecule has 0 spiro atoms. The van der Waals surface area contributed by atoms with Crippen molar-refractivity contribution in [3.63, 3.8) is 0 Å². The van der Waals surface area contributed by atoms with E-state index in [9.17, 15) is 9.36 Å². The van der Waals surface area contributed by atoms with Crippen molar-refractivity contribution in [2.45, 2.75) is 104 Å². The highest BCUT2D eigenvalue weighted by atomic mass is 31.1. The standard InChI is InChI=1S/C26H44O4P2/c1-5-29-24(27)9-6-16(2)19-7-8-20-18-15-23(30-31)22-14-17(32-28)10-12-26(22,4)21(18)11-13-25(19,20)3/h16-23H,5-15,31H2,1-4H3/t16-,17+,18?,19?,20?,21?,22-,23-,25+,26+/m0/s1. The fourth-order valence-electron chi connectivity index (χ4n) is 9.25. The maximum atomic E-state index is 11.9. The van der Waals surface area contributed by atoms with Gasteiger partial charge in [-0.2, -0.15) is 0 Å². The van der Waals surface area contributed by atoms with E-state index in [0.29, 0.717) is 55.7 Å². The van der Waals surface area contributed by atoms with E-state index in [4.69, 9.17) is 9.26 Å². The molecule has 4 rings (SSSR count). The third-order valence-corrected chi connectivity index (χ3v) is 11.9. The normalized spacial score (nSPS) is 46.7. The van der Waals surface area contributed by atoms with Crippen LogP contribution in [0.15, 0.2) is 0 Å². The van der Waals surface area contributed by atoms with Crippen LogP contribution in [0.5, 0.6) is 0 Å². The molecule has 0 aliphatic heterocycles. The zero-order valence-electron chi connectivity index (χ0n) is 20.6. The Hall–Kier alpha value is -0.0400. The maximum Gasteiger partial charge on any atom is 0.305 e. The van der Waals surface area contributed by atoms with Crippen LogP contribution in [-0.2, 0) is 18.6 Å². The van der Waals surface area contributed by atoms with Gasteiger partial charge in [-0.1, -0.05) is 20.8 Å². The quantitative estimate of drug-likeness (QED) is 0.288. The predicted octanol–water partition coefficient (Wildman–Crippen LogP) is 7.07. The van der Waals surface area contributed by atoms with E-state index >= 15 is 0 Å². The number of carbonyl (C=O) groups is 1. The van der Waals surface area contributed by atoms with Crippen molar-refractivity contribution in [2.24, 2.45) is 46.3 Å². The number of rotatable bonds is 7. The van der Waals surface area contributed by atoms with Gasteiger partial charge in [-0.25, -0.2) is 0 Å². The molecule has 4 nitrogen and oxygen atoms in total. The summed E-state index contributed by atoms with van der Waals surface area (Å²) in [7, 11) is 2.90. The van der Waals surface area contributed by atoms with Crippen LogP contribution < -0.4 is 0 Å². The summed E-state index contributed by atoms with van der Waals surface area (Å²) in [6, 6.07) is 0. The van der Waals surface area contributed by atoms with Crippen LogP contribution in [0.25, 0.3) is 0 Å². The number of ether oxygens (including phenoxy) is 1. The van der Waals surface area contributed by atoms with Crippen LogP contribution >= 0.6 is 17.9 Å². The molecule has 0 N–H and O–H groups in total. The molecular formula is C26H44O4P2. The molecular weight excluding hydrogens is 438 g/mol. The minimum absolute atomic E-state index is 0.0393. The lowest BCUT2D eigenvalue weighted by Crippen LogP contribution is -2.58. The zero-order chi connectivity index (χ0) is 23.1. The Morgan fingerprint density at radius 3 is 2.47 bits per heavy atom. The molecule has 0 amide bonds. The van der Waals surface area contributed by atoms with Crippen molar-refractivity contribution >= 4 is 23.9 Å². The number of carbonyl (C=O) groups excluding carboxylic acids is 1. The molecule has 0 aromatic rings. The van der Waals surface area contributed by atoms with Crippen molar-refractivity contribution in [3.8, 4) is 0 Å². The highest BCUT2D eigenvalue weighted by Crippen LogP contribution is 2.69. The fraction of sp³-hybridized carbons (Fsp3) is 0.962. The minimum Gasteiger partial charge on any atom is -0.466 e. The highest BCUT2D eigenvalue weighted by Gasteiger charge is 2.62. The second-order valence-electron chi connectivity index (χ2n) is 12.0. The Kier molecular flexibility index (Phi) is 7.76. The number of hydrogen-bond acceptors (Lipinski definition) is 4. The van der Waals surface area contributed by atoms with Gasteiger partial charge >= 0.3 is 5.97 Å². The number of fused-ring (bicyclic) bond motifs is 5. The molecule has 4 aliphatic rings. The van der Waals surface area contributed by atoms with Crippen molar-refractivity contribution in [1.82, 2.24) is 0 Å². The Morgan fingerprint density at radius 2 is 1.78 bits per heavy atom. The van der Waals surface area contributed by atoms with E-state index < -0.39 is 0 Å². The first-order valence-corrected chi connectivity index (χ1v) is 14.5. The van der Waals surface area contributed by atoms with Crippen molar-refractivity contribution in [2.75, 3.05) is 6.61 Å². The van der Waals surface area contributed by atoms with Gasteiger partial charge in [0.25, 0.3) is 0 Å². The van der Waals surface area contributed by atoms with Gasteiger partial charge in [0.15, 0.2) is 8.46 Å². The maximum absolute atomic E-state index is 11.9. The summed E-state index contributed by atoms with van der Waals surface area (Å²) in [5.74, 6) is 4.06. The van der Waals surface area contributed by atoms with Crippen LogP contribution in [0.4, 0.5) is 0 Å². The summed E-state index contributed by atoms with van der Waals surface area (Å²) >= 11 is 0. The first kappa shape index (κ1) is 25.1. The van der Waals surface area contributed by atoms with Crippen LogP contribution in [-0.4, -0.2) is 24.3 Å². The summed E-state index contributed by atoms with van der Waals surface area (Å²) in [6.07, 6.45) is 11.6. The van der Waals surface area contributed by atoms with Crippen LogP contribution in [0.1, 0.15) is 91.9 Å². The largest absolute Gasteiger partial charge is 0.466 e. The van der Waals surface area contributed by atoms with Gasteiger partial charge in [-0.15, -0.1) is 0 Å². The van der Waals surface area contributed by atoms with Crippen molar-refractivity contribution in [3.05, 3.63) is 0 Å². The van der Waals surface area contributed by atoms with Gasteiger partial charge in [-0.05, 0) is 111 Å². The minimum atomic E-state index is -0.0393. The number of hydrogen-bond donors (Lipinski definition) is 0. The monoisotopic (exact) mass is 482 g/mol. The molecule has 182 valence electrons. The Bertz CT molecular complexity index is 701. The molecule has 0 heterocycles. The van der Waals surface area contributed by atoms with Gasteiger partial charge in [-0.3, -0.25) is 9.36 Å². The second kappa shape index (κ2) is 9.91. The summed E-state index contributed by atoms with van der Waals surface area (Å²) in [5.41, 5.74) is 1.02. The lowest BCUT2D eigenvalue weighted by Gasteiger charge is -2.62. The van der Waals surface area contributed by atoms with Crippen molar-refractivity contribution in [1.29, 1.82) is 0 Å². The van der Waals surface area contributed by atoms with Crippen LogP contribution in [0.2, 0.25) is 0 Å². The van der Waals surface area contributed by atoms with Gasteiger partial charge in [0.2, 0.25) is 0 Å². The second-order valence-corrected chi connectivity index (χ2v) is 13.2. The third-order valence-electron chi connectivity index (χ3n) is 10.8. The Labute approximate surface area is 199 Å².